The third-order valence-corrected chi connectivity index (χ3v) is 8.18. The Morgan fingerprint density at radius 3 is 1.81 bits per heavy atom. The van der Waals surface area contributed by atoms with Crippen molar-refractivity contribution in [2.45, 2.75) is 85.7 Å². The molecule has 0 saturated carbocycles. The van der Waals surface area contributed by atoms with Gasteiger partial charge in [-0.1, -0.05) is 32.3 Å². The van der Waals surface area contributed by atoms with Gasteiger partial charge in [-0.2, -0.15) is 0 Å². The average molecular weight is 314 g/mol. The zero-order valence-electron chi connectivity index (χ0n) is 15.7. The molecular weight excluding hydrogens is 279 g/mol. The second-order valence-electron chi connectivity index (χ2n) is 7.80. The van der Waals surface area contributed by atoms with Crippen LogP contribution in [0.4, 0.5) is 0 Å². The Bertz CT molecular complexity index is 323. The van der Waals surface area contributed by atoms with Gasteiger partial charge >= 0.3 is 7.12 Å². The molecule has 0 aliphatic carbocycles. The third kappa shape index (κ3) is 8.81. The van der Waals surface area contributed by atoms with E-state index in [-0.39, 0.29) is 24.4 Å². The van der Waals surface area contributed by atoms with Crippen LogP contribution in [-0.4, -0.2) is 34.3 Å². The molecule has 0 aromatic heterocycles. The van der Waals surface area contributed by atoms with Gasteiger partial charge in [0.25, 0.3) is 0 Å². The summed E-state index contributed by atoms with van der Waals surface area (Å²) in [5.74, 6) is 2.03. The van der Waals surface area contributed by atoms with Crippen LogP contribution in [0.25, 0.3) is 0 Å². The van der Waals surface area contributed by atoms with E-state index in [1.165, 1.54) is 0 Å². The van der Waals surface area contributed by atoms with Crippen LogP contribution in [0.1, 0.15) is 55.4 Å². The molecule has 0 aromatic carbocycles. The van der Waals surface area contributed by atoms with Gasteiger partial charge in [-0.05, 0) is 52.8 Å². The molecule has 0 rings (SSSR count). The molecule has 0 fully saturated rings. The maximum absolute atomic E-state index is 6.23. The molecule has 0 N–H and O–H groups in total. The van der Waals surface area contributed by atoms with Crippen LogP contribution in [0.2, 0.25) is 18.1 Å². The van der Waals surface area contributed by atoms with Crippen molar-refractivity contribution < 1.29 is 13.7 Å². The smallest absolute Gasteiger partial charge is 0.413 e. The molecule has 21 heavy (non-hydrogen) atoms. The lowest BCUT2D eigenvalue weighted by atomic mass is 9.86. The van der Waals surface area contributed by atoms with Gasteiger partial charge in [-0.25, -0.2) is 0 Å². The van der Waals surface area contributed by atoms with E-state index in [0.717, 1.165) is 5.57 Å². The minimum atomic E-state index is -1.71. The number of hydrogen-bond acceptors (Lipinski definition) is 3. The normalized spacial score (nSPS) is 14.2. The Morgan fingerprint density at radius 2 is 1.48 bits per heavy atom. The standard InChI is InChI=1S/C16H35BO3Si/c1-13(2)19-17(20-14(3)4)11-15(5)12-18-21(9,10)16(6,7)8/h11,13-14H,12H2,1-10H3/b15-11+. The summed E-state index contributed by atoms with van der Waals surface area (Å²) < 4.78 is 17.8. The first kappa shape index (κ1) is 20.9. The minimum absolute atomic E-state index is 0.138. The minimum Gasteiger partial charge on any atom is -0.413 e. The molecule has 0 aliphatic rings. The summed E-state index contributed by atoms with van der Waals surface area (Å²) in [6, 6.07) is 0. The molecule has 0 unspecified atom stereocenters. The van der Waals surface area contributed by atoms with Gasteiger partial charge in [0.05, 0.1) is 6.61 Å². The van der Waals surface area contributed by atoms with Gasteiger partial charge in [0.1, 0.15) is 0 Å². The third-order valence-electron chi connectivity index (χ3n) is 3.70. The van der Waals surface area contributed by atoms with Crippen molar-refractivity contribution in [3.8, 4) is 0 Å². The molecule has 0 bridgehead atoms. The van der Waals surface area contributed by atoms with Crippen LogP contribution >= 0.6 is 0 Å². The Morgan fingerprint density at radius 1 is 1.05 bits per heavy atom. The summed E-state index contributed by atoms with van der Waals surface area (Å²) >= 11 is 0. The summed E-state index contributed by atoms with van der Waals surface area (Å²) in [6.07, 6.45) is 0.276. The second-order valence-corrected chi connectivity index (χ2v) is 12.6. The fourth-order valence-electron chi connectivity index (χ4n) is 1.44. The van der Waals surface area contributed by atoms with E-state index in [0.29, 0.717) is 6.61 Å². The topological polar surface area (TPSA) is 27.7 Å². The Balaban J connectivity index is 4.68. The SMILES string of the molecule is C/C(=C\B(OC(C)C)OC(C)C)CO[Si](C)(C)C(C)(C)C. The second kappa shape index (κ2) is 8.51. The molecule has 0 aliphatic heterocycles. The van der Waals surface area contributed by atoms with E-state index < -0.39 is 8.32 Å². The summed E-state index contributed by atoms with van der Waals surface area (Å²) in [6.45, 7) is 22.1. The quantitative estimate of drug-likeness (QED) is 0.600. The van der Waals surface area contributed by atoms with Crippen molar-refractivity contribution in [1.29, 1.82) is 0 Å². The van der Waals surface area contributed by atoms with Crippen LogP contribution in [0.3, 0.4) is 0 Å². The zero-order chi connectivity index (χ0) is 16.8. The van der Waals surface area contributed by atoms with E-state index in [4.69, 9.17) is 13.7 Å². The molecule has 0 saturated heterocycles. The molecule has 5 heteroatoms. The molecular formula is C16H35BO3Si. The Labute approximate surface area is 133 Å². The van der Waals surface area contributed by atoms with E-state index in [1.807, 2.05) is 33.7 Å². The van der Waals surface area contributed by atoms with Crippen molar-refractivity contribution in [3.05, 3.63) is 11.5 Å². The van der Waals surface area contributed by atoms with E-state index in [2.05, 4.69) is 40.8 Å². The summed E-state index contributed by atoms with van der Waals surface area (Å²) in [5.41, 5.74) is 1.16. The molecule has 0 spiro atoms. The highest BCUT2D eigenvalue weighted by molar-refractivity contribution is 6.74. The summed E-state index contributed by atoms with van der Waals surface area (Å²) in [7, 11) is -2.00. The first-order chi connectivity index (χ1) is 9.35. The van der Waals surface area contributed by atoms with Crippen LogP contribution in [0.15, 0.2) is 11.5 Å². The predicted molar refractivity (Wildman–Crippen MR) is 95.1 cm³/mol. The van der Waals surface area contributed by atoms with Crippen LogP contribution in [0.5, 0.6) is 0 Å². The highest BCUT2D eigenvalue weighted by Crippen LogP contribution is 2.36. The number of rotatable bonds is 8. The highest BCUT2D eigenvalue weighted by Gasteiger charge is 2.37. The fraction of sp³-hybridized carbons (Fsp3) is 0.875. The number of hydrogen-bond donors (Lipinski definition) is 0. The van der Waals surface area contributed by atoms with Crippen LogP contribution in [-0.2, 0) is 13.7 Å². The van der Waals surface area contributed by atoms with Crippen molar-refractivity contribution in [3.63, 3.8) is 0 Å². The largest absolute Gasteiger partial charge is 0.486 e. The predicted octanol–water partition coefficient (Wildman–Crippen LogP) is 4.83. The maximum atomic E-state index is 6.23. The Hall–Kier alpha value is -0.0982. The molecule has 0 atom stereocenters. The zero-order valence-corrected chi connectivity index (χ0v) is 16.7. The summed E-state index contributed by atoms with van der Waals surface area (Å²) in [4.78, 5) is 0. The summed E-state index contributed by atoms with van der Waals surface area (Å²) in [5, 5.41) is 0.232. The first-order valence-electron chi connectivity index (χ1n) is 7.97. The van der Waals surface area contributed by atoms with Gasteiger partial charge < -0.3 is 13.7 Å². The molecule has 0 aromatic rings. The lowest BCUT2D eigenvalue weighted by Gasteiger charge is -2.36. The van der Waals surface area contributed by atoms with Gasteiger partial charge in [-0.15, -0.1) is 0 Å². The van der Waals surface area contributed by atoms with E-state index >= 15 is 0 Å². The van der Waals surface area contributed by atoms with E-state index in [9.17, 15) is 0 Å². The monoisotopic (exact) mass is 314 g/mol. The molecule has 124 valence electrons. The molecule has 3 nitrogen and oxygen atoms in total. The fourth-order valence-corrected chi connectivity index (χ4v) is 2.46. The van der Waals surface area contributed by atoms with Gasteiger partial charge in [-0.3, -0.25) is 0 Å². The van der Waals surface area contributed by atoms with Crippen LogP contribution in [0, 0.1) is 0 Å². The lowest BCUT2D eigenvalue weighted by Crippen LogP contribution is -2.41. The van der Waals surface area contributed by atoms with Gasteiger partial charge in [0.15, 0.2) is 8.32 Å². The molecule has 0 amide bonds. The van der Waals surface area contributed by atoms with Crippen molar-refractivity contribution in [2.75, 3.05) is 6.61 Å². The van der Waals surface area contributed by atoms with Gasteiger partial charge in [0.2, 0.25) is 0 Å². The first-order valence-corrected chi connectivity index (χ1v) is 10.9. The highest BCUT2D eigenvalue weighted by atomic mass is 28.4. The Kier molecular flexibility index (Phi) is 8.47. The lowest BCUT2D eigenvalue weighted by molar-refractivity contribution is 0.138. The van der Waals surface area contributed by atoms with Crippen LogP contribution < -0.4 is 0 Å². The van der Waals surface area contributed by atoms with Gasteiger partial charge in [0, 0.05) is 12.2 Å². The van der Waals surface area contributed by atoms with Crippen molar-refractivity contribution in [2.24, 2.45) is 0 Å². The van der Waals surface area contributed by atoms with Crippen molar-refractivity contribution in [1.82, 2.24) is 0 Å². The van der Waals surface area contributed by atoms with Crippen molar-refractivity contribution >= 4 is 15.4 Å². The maximum Gasteiger partial charge on any atom is 0.486 e. The molecule has 0 radical (unpaired) electrons. The average Bonchev–Trinajstić information content (AvgIpc) is 2.22. The molecule has 0 heterocycles. The van der Waals surface area contributed by atoms with E-state index in [1.54, 1.807) is 0 Å².